The molecule has 0 saturated carbocycles. The molecule has 0 bridgehead atoms. The van der Waals surface area contributed by atoms with Crippen molar-refractivity contribution in [3.8, 4) is 0 Å². The van der Waals surface area contributed by atoms with Gasteiger partial charge in [0.2, 0.25) is 10.0 Å². The van der Waals surface area contributed by atoms with Crippen LogP contribution in [0.3, 0.4) is 0 Å². The Morgan fingerprint density at radius 1 is 0.846 bits per heavy atom. The van der Waals surface area contributed by atoms with Gasteiger partial charge in [0, 0.05) is 45.1 Å². The van der Waals surface area contributed by atoms with Crippen molar-refractivity contribution in [2.75, 3.05) is 26.2 Å². The van der Waals surface area contributed by atoms with Gasteiger partial charge in [0.1, 0.15) is 0 Å². The lowest BCUT2D eigenvalue weighted by atomic mass is 10.1. The maximum Gasteiger partial charge on any atom is 0.243 e. The number of pyridine rings is 1. The summed E-state index contributed by atoms with van der Waals surface area (Å²) in [6.45, 7) is 3.32. The van der Waals surface area contributed by atoms with Crippen LogP contribution in [0.25, 0.3) is 10.8 Å². The number of fused-ring (bicyclic) bond motifs is 1. The van der Waals surface area contributed by atoms with Gasteiger partial charge in [0.15, 0.2) is 0 Å². The molecule has 1 aliphatic heterocycles. The highest BCUT2D eigenvalue weighted by atomic mass is 32.2. The summed E-state index contributed by atoms with van der Waals surface area (Å²) < 4.78 is 27.6. The number of rotatable bonds is 4. The van der Waals surface area contributed by atoms with E-state index in [0.29, 0.717) is 18.0 Å². The lowest BCUT2D eigenvalue weighted by molar-refractivity contribution is 0.181. The second kappa shape index (κ2) is 7.15. The fourth-order valence-electron chi connectivity index (χ4n) is 3.35. The summed E-state index contributed by atoms with van der Waals surface area (Å²) in [5.74, 6) is 0. The molecule has 4 rings (SSSR count). The number of sulfonamides is 1. The van der Waals surface area contributed by atoms with Crippen molar-refractivity contribution >= 4 is 20.8 Å². The molecule has 134 valence electrons. The van der Waals surface area contributed by atoms with Crippen LogP contribution < -0.4 is 0 Å². The Balaban J connectivity index is 1.47. The van der Waals surface area contributed by atoms with Crippen LogP contribution in [-0.2, 0) is 16.6 Å². The first-order valence-corrected chi connectivity index (χ1v) is 10.2. The molecule has 0 atom stereocenters. The molecule has 0 aliphatic carbocycles. The fourth-order valence-corrected chi connectivity index (χ4v) is 4.81. The minimum Gasteiger partial charge on any atom is -0.296 e. The zero-order valence-electron chi connectivity index (χ0n) is 14.5. The Morgan fingerprint density at radius 3 is 2.27 bits per heavy atom. The van der Waals surface area contributed by atoms with Crippen molar-refractivity contribution in [3.63, 3.8) is 0 Å². The molecule has 3 aromatic rings. The van der Waals surface area contributed by atoms with Gasteiger partial charge in [-0.3, -0.25) is 9.88 Å². The zero-order chi connectivity index (χ0) is 18.0. The summed E-state index contributed by atoms with van der Waals surface area (Å²) in [6.07, 6.45) is 3.57. The van der Waals surface area contributed by atoms with Gasteiger partial charge in [-0.25, -0.2) is 8.42 Å². The fraction of sp³-hybridized carbons (Fsp3) is 0.250. The number of hydrogen-bond donors (Lipinski definition) is 0. The standard InChI is InChI=1S/C20H21N3O2S/c24-26(25,20-6-5-18-3-1-2-4-19(18)15-20)23-13-11-22(12-14-23)16-17-7-9-21-10-8-17/h1-10,15H,11-14,16H2. The molecule has 0 radical (unpaired) electrons. The van der Waals surface area contributed by atoms with Crippen LogP contribution in [0.5, 0.6) is 0 Å². The number of nitrogens with zero attached hydrogens (tertiary/aromatic N) is 3. The molecule has 1 aliphatic rings. The molecule has 1 fully saturated rings. The quantitative estimate of drug-likeness (QED) is 0.712. The highest BCUT2D eigenvalue weighted by Gasteiger charge is 2.28. The van der Waals surface area contributed by atoms with E-state index < -0.39 is 10.0 Å². The van der Waals surface area contributed by atoms with Crippen molar-refractivity contribution in [3.05, 3.63) is 72.6 Å². The third-order valence-electron chi connectivity index (χ3n) is 4.85. The summed E-state index contributed by atoms with van der Waals surface area (Å²) in [5, 5.41) is 2.00. The maximum absolute atomic E-state index is 13.0. The van der Waals surface area contributed by atoms with Gasteiger partial charge in [0.25, 0.3) is 0 Å². The summed E-state index contributed by atoms with van der Waals surface area (Å²) in [6, 6.07) is 17.2. The predicted molar refractivity (Wildman–Crippen MR) is 102 cm³/mol. The van der Waals surface area contributed by atoms with Crippen LogP contribution in [0.4, 0.5) is 0 Å². The van der Waals surface area contributed by atoms with E-state index in [1.54, 1.807) is 28.8 Å². The van der Waals surface area contributed by atoms with Gasteiger partial charge in [0.05, 0.1) is 4.90 Å². The Morgan fingerprint density at radius 2 is 1.54 bits per heavy atom. The second-order valence-corrected chi connectivity index (χ2v) is 8.48. The molecule has 2 heterocycles. The van der Waals surface area contributed by atoms with Gasteiger partial charge in [-0.1, -0.05) is 30.3 Å². The van der Waals surface area contributed by atoms with Crippen molar-refractivity contribution in [2.45, 2.75) is 11.4 Å². The Hall–Kier alpha value is -2.28. The van der Waals surface area contributed by atoms with E-state index >= 15 is 0 Å². The smallest absolute Gasteiger partial charge is 0.243 e. The SMILES string of the molecule is O=S(=O)(c1ccc2ccccc2c1)N1CCN(Cc2ccncc2)CC1. The summed E-state index contributed by atoms with van der Waals surface area (Å²) in [7, 11) is -3.45. The molecular formula is C20H21N3O2S. The molecule has 2 aromatic carbocycles. The second-order valence-electron chi connectivity index (χ2n) is 6.54. The van der Waals surface area contributed by atoms with Gasteiger partial charge >= 0.3 is 0 Å². The average molecular weight is 367 g/mol. The minimum absolute atomic E-state index is 0.374. The molecule has 26 heavy (non-hydrogen) atoms. The van der Waals surface area contributed by atoms with Crippen LogP contribution in [0.1, 0.15) is 5.56 Å². The van der Waals surface area contributed by atoms with Crippen LogP contribution in [0.15, 0.2) is 71.9 Å². The largest absolute Gasteiger partial charge is 0.296 e. The van der Waals surface area contributed by atoms with Crippen LogP contribution >= 0.6 is 0 Å². The normalized spacial score (nSPS) is 16.8. The Bertz CT molecular complexity index is 998. The van der Waals surface area contributed by atoms with E-state index in [9.17, 15) is 8.42 Å². The Labute approximate surface area is 153 Å². The van der Waals surface area contributed by atoms with Crippen molar-refractivity contribution in [1.29, 1.82) is 0 Å². The summed E-state index contributed by atoms with van der Waals surface area (Å²) in [4.78, 5) is 6.69. The average Bonchev–Trinajstić information content (AvgIpc) is 2.69. The number of aromatic nitrogens is 1. The molecule has 0 unspecified atom stereocenters. The highest BCUT2D eigenvalue weighted by Crippen LogP contribution is 2.23. The van der Waals surface area contributed by atoms with Crippen molar-refractivity contribution in [2.24, 2.45) is 0 Å². The number of benzene rings is 2. The molecule has 1 saturated heterocycles. The molecule has 1 aromatic heterocycles. The van der Waals surface area contributed by atoms with Crippen LogP contribution in [0.2, 0.25) is 0 Å². The first-order valence-electron chi connectivity index (χ1n) is 8.73. The van der Waals surface area contributed by atoms with Crippen molar-refractivity contribution < 1.29 is 8.42 Å². The van der Waals surface area contributed by atoms with Gasteiger partial charge in [-0.05, 0) is 40.6 Å². The van der Waals surface area contributed by atoms with E-state index in [1.165, 1.54) is 5.56 Å². The van der Waals surface area contributed by atoms with Gasteiger partial charge in [-0.2, -0.15) is 4.31 Å². The van der Waals surface area contributed by atoms with E-state index in [1.807, 2.05) is 42.5 Å². The monoisotopic (exact) mass is 367 g/mol. The van der Waals surface area contributed by atoms with E-state index in [2.05, 4.69) is 9.88 Å². The van der Waals surface area contributed by atoms with Gasteiger partial charge in [-0.15, -0.1) is 0 Å². The van der Waals surface area contributed by atoms with E-state index in [-0.39, 0.29) is 0 Å². The minimum atomic E-state index is -3.45. The van der Waals surface area contributed by atoms with Crippen LogP contribution in [0, 0.1) is 0 Å². The molecule has 6 heteroatoms. The third-order valence-corrected chi connectivity index (χ3v) is 6.74. The molecule has 0 spiro atoms. The number of piperazine rings is 1. The third kappa shape index (κ3) is 3.49. The Kier molecular flexibility index (Phi) is 4.72. The van der Waals surface area contributed by atoms with Gasteiger partial charge < -0.3 is 0 Å². The highest BCUT2D eigenvalue weighted by molar-refractivity contribution is 7.89. The first kappa shape index (κ1) is 17.1. The van der Waals surface area contributed by atoms with Crippen molar-refractivity contribution in [1.82, 2.24) is 14.2 Å². The van der Waals surface area contributed by atoms with E-state index in [0.717, 1.165) is 30.4 Å². The topological polar surface area (TPSA) is 53.5 Å². The maximum atomic E-state index is 13.0. The van der Waals surface area contributed by atoms with E-state index in [4.69, 9.17) is 0 Å². The molecule has 0 N–H and O–H groups in total. The van der Waals surface area contributed by atoms with Crippen LogP contribution in [-0.4, -0.2) is 48.8 Å². The lowest BCUT2D eigenvalue weighted by Gasteiger charge is -2.34. The molecular weight excluding hydrogens is 346 g/mol. The summed E-state index contributed by atoms with van der Waals surface area (Å²) in [5.41, 5.74) is 1.20. The summed E-state index contributed by atoms with van der Waals surface area (Å²) >= 11 is 0. The zero-order valence-corrected chi connectivity index (χ0v) is 15.3. The molecule has 5 nitrogen and oxygen atoms in total. The molecule has 0 amide bonds. The number of hydrogen-bond acceptors (Lipinski definition) is 4. The lowest BCUT2D eigenvalue weighted by Crippen LogP contribution is -2.48. The predicted octanol–water partition coefficient (Wildman–Crippen LogP) is 2.74. The first-order chi connectivity index (χ1) is 12.6.